The number of anilines is 2. The molecule has 3 aliphatic rings. The van der Waals surface area contributed by atoms with Crippen LogP contribution in [0, 0.1) is 11.8 Å². The lowest BCUT2D eigenvalue weighted by Crippen LogP contribution is -2.41. The summed E-state index contributed by atoms with van der Waals surface area (Å²) in [6.45, 7) is 0.351. The fraction of sp³-hybridized carbons (Fsp3) is 0.360. The van der Waals surface area contributed by atoms with E-state index in [1.807, 2.05) is 24.3 Å². The molecule has 1 spiro atoms. The van der Waals surface area contributed by atoms with E-state index in [0.717, 1.165) is 5.69 Å². The van der Waals surface area contributed by atoms with Crippen molar-refractivity contribution in [1.82, 2.24) is 0 Å². The predicted molar refractivity (Wildman–Crippen MR) is 124 cm³/mol. The highest BCUT2D eigenvalue weighted by atomic mass is 16.5. The van der Waals surface area contributed by atoms with E-state index in [1.165, 1.54) is 21.3 Å². The standard InChI is InChI=1S/C25H26N2O7/c1-30-16-7-5-15(6-8-16)27-13-25-10-9-17(34-25)20(21(25)24(27)29)23(28)26-14-11-18(31-2)22(33-4)19(12-14)32-3/h5-12,17,20-21H,13H2,1-4H3,(H,26,28)/t17-,20?,21?,25-/m1/s1. The van der Waals surface area contributed by atoms with E-state index >= 15 is 0 Å². The fourth-order valence-corrected chi connectivity index (χ4v) is 5.16. The Bertz CT molecular complexity index is 1140. The van der Waals surface area contributed by atoms with Gasteiger partial charge in [-0.1, -0.05) is 12.2 Å². The number of amides is 2. The van der Waals surface area contributed by atoms with Crippen LogP contribution >= 0.6 is 0 Å². The summed E-state index contributed by atoms with van der Waals surface area (Å²) in [5, 5.41) is 2.91. The van der Waals surface area contributed by atoms with Gasteiger partial charge in [-0.15, -0.1) is 0 Å². The Morgan fingerprint density at radius 1 is 1.03 bits per heavy atom. The molecule has 2 fully saturated rings. The normalized spacial score (nSPS) is 26.4. The van der Waals surface area contributed by atoms with Crippen LogP contribution in [-0.2, 0) is 14.3 Å². The van der Waals surface area contributed by atoms with Gasteiger partial charge in [0.15, 0.2) is 11.5 Å². The van der Waals surface area contributed by atoms with E-state index in [0.29, 0.717) is 35.2 Å². The third-order valence-electron chi connectivity index (χ3n) is 6.72. The molecule has 5 rings (SSSR count). The Labute approximate surface area is 197 Å². The molecule has 0 aromatic heterocycles. The third-order valence-corrected chi connectivity index (χ3v) is 6.72. The largest absolute Gasteiger partial charge is 0.497 e. The number of methoxy groups -OCH3 is 4. The molecule has 2 unspecified atom stereocenters. The van der Waals surface area contributed by atoms with Crippen LogP contribution in [0.4, 0.5) is 11.4 Å². The molecule has 3 heterocycles. The van der Waals surface area contributed by atoms with E-state index in [2.05, 4.69) is 5.32 Å². The lowest BCUT2D eigenvalue weighted by molar-refractivity contribution is -0.128. The van der Waals surface area contributed by atoms with Crippen molar-refractivity contribution < 1.29 is 33.3 Å². The summed E-state index contributed by atoms with van der Waals surface area (Å²) in [6.07, 6.45) is 3.34. The lowest BCUT2D eigenvalue weighted by Gasteiger charge is -2.24. The maximum absolute atomic E-state index is 13.5. The van der Waals surface area contributed by atoms with Gasteiger partial charge in [0.2, 0.25) is 17.6 Å². The van der Waals surface area contributed by atoms with Crippen LogP contribution in [0.15, 0.2) is 48.6 Å². The molecule has 2 saturated heterocycles. The number of nitrogens with one attached hydrogen (secondary N) is 1. The summed E-state index contributed by atoms with van der Waals surface area (Å²) in [5.41, 5.74) is 0.385. The van der Waals surface area contributed by atoms with Crippen LogP contribution in [0.2, 0.25) is 0 Å². The number of fused-ring (bicyclic) bond motifs is 1. The van der Waals surface area contributed by atoms with Crippen molar-refractivity contribution in [2.75, 3.05) is 45.2 Å². The zero-order valence-electron chi connectivity index (χ0n) is 19.4. The van der Waals surface area contributed by atoms with Crippen LogP contribution in [0.5, 0.6) is 23.0 Å². The highest BCUT2D eigenvalue weighted by Crippen LogP contribution is 2.53. The monoisotopic (exact) mass is 466 g/mol. The number of carbonyl (C=O) groups excluding carboxylic acids is 2. The first-order chi connectivity index (χ1) is 16.4. The SMILES string of the molecule is COc1ccc(N2C[C@@]34C=C[C@@H](O3)C(C(=O)Nc3cc(OC)c(OC)c(OC)c3)C4C2=O)cc1. The summed E-state index contributed by atoms with van der Waals surface area (Å²) in [7, 11) is 6.11. The fourth-order valence-electron chi connectivity index (χ4n) is 5.16. The summed E-state index contributed by atoms with van der Waals surface area (Å²) in [6, 6.07) is 10.6. The van der Waals surface area contributed by atoms with Crippen molar-refractivity contribution >= 4 is 23.2 Å². The molecule has 4 atom stereocenters. The minimum Gasteiger partial charge on any atom is -0.497 e. The number of benzene rings is 2. The van der Waals surface area contributed by atoms with Crippen molar-refractivity contribution in [2.45, 2.75) is 11.7 Å². The van der Waals surface area contributed by atoms with Gasteiger partial charge < -0.3 is 33.9 Å². The Morgan fingerprint density at radius 2 is 1.71 bits per heavy atom. The van der Waals surface area contributed by atoms with Gasteiger partial charge in [-0.2, -0.15) is 0 Å². The quantitative estimate of drug-likeness (QED) is 0.627. The summed E-state index contributed by atoms with van der Waals surface area (Å²) >= 11 is 0. The van der Waals surface area contributed by atoms with Crippen molar-refractivity contribution in [3.8, 4) is 23.0 Å². The average molecular weight is 466 g/mol. The third kappa shape index (κ3) is 3.27. The number of rotatable bonds is 7. The minimum atomic E-state index is -0.820. The molecular weight excluding hydrogens is 440 g/mol. The molecule has 34 heavy (non-hydrogen) atoms. The first-order valence-corrected chi connectivity index (χ1v) is 10.9. The second-order valence-corrected chi connectivity index (χ2v) is 8.43. The van der Waals surface area contributed by atoms with Crippen molar-refractivity contribution in [3.05, 3.63) is 48.6 Å². The molecule has 9 heteroatoms. The summed E-state index contributed by atoms with van der Waals surface area (Å²) in [4.78, 5) is 28.6. The Balaban J connectivity index is 1.41. The van der Waals surface area contributed by atoms with Gasteiger partial charge in [0.25, 0.3) is 0 Å². The summed E-state index contributed by atoms with van der Waals surface area (Å²) < 4.78 is 27.5. The molecule has 1 N–H and O–H groups in total. The topological polar surface area (TPSA) is 95.6 Å². The van der Waals surface area contributed by atoms with Gasteiger partial charge in [0.05, 0.1) is 52.9 Å². The van der Waals surface area contributed by atoms with Crippen LogP contribution < -0.4 is 29.2 Å². The Morgan fingerprint density at radius 3 is 2.29 bits per heavy atom. The maximum atomic E-state index is 13.5. The maximum Gasteiger partial charge on any atom is 0.234 e. The van der Waals surface area contributed by atoms with Crippen LogP contribution in [-0.4, -0.2) is 58.5 Å². The van der Waals surface area contributed by atoms with Crippen LogP contribution in [0.25, 0.3) is 0 Å². The van der Waals surface area contributed by atoms with Gasteiger partial charge in [0, 0.05) is 23.5 Å². The highest BCUT2D eigenvalue weighted by molar-refractivity contribution is 6.05. The average Bonchev–Trinajstić information content (AvgIpc) is 3.51. The smallest absolute Gasteiger partial charge is 0.234 e. The van der Waals surface area contributed by atoms with Gasteiger partial charge >= 0.3 is 0 Å². The zero-order chi connectivity index (χ0) is 24.0. The Kier molecular flexibility index (Phi) is 5.36. The number of carbonyl (C=O) groups is 2. The molecule has 2 aromatic rings. The van der Waals surface area contributed by atoms with Gasteiger partial charge in [-0.05, 0) is 24.3 Å². The molecule has 0 radical (unpaired) electrons. The Hall–Kier alpha value is -3.72. The molecule has 0 saturated carbocycles. The minimum absolute atomic E-state index is 0.137. The predicted octanol–water partition coefficient (Wildman–Crippen LogP) is 2.65. The molecule has 3 aliphatic heterocycles. The molecule has 2 amide bonds. The molecule has 2 bridgehead atoms. The van der Waals surface area contributed by atoms with Crippen molar-refractivity contribution in [2.24, 2.45) is 11.8 Å². The number of ether oxygens (including phenoxy) is 5. The first-order valence-electron chi connectivity index (χ1n) is 10.9. The van der Waals surface area contributed by atoms with E-state index in [9.17, 15) is 9.59 Å². The van der Waals surface area contributed by atoms with Gasteiger partial charge in [0.1, 0.15) is 11.4 Å². The molecule has 0 aliphatic carbocycles. The van der Waals surface area contributed by atoms with E-state index in [-0.39, 0.29) is 11.8 Å². The second kappa shape index (κ2) is 8.25. The number of hydrogen-bond acceptors (Lipinski definition) is 7. The van der Waals surface area contributed by atoms with Crippen molar-refractivity contribution in [3.63, 3.8) is 0 Å². The summed E-state index contributed by atoms with van der Waals surface area (Å²) in [5.74, 6) is 0.234. The van der Waals surface area contributed by atoms with Crippen molar-refractivity contribution in [1.29, 1.82) is 0 Å². The molecular formula is C25H26N2O7. The zero-order valence-corrected chi connectivity index (χ0v) is 19.4. The van der Waals surface area contributed by atoms with E-state index in [1.54, 1.807) is 36.3 Å². The molecule has 178 valence electrons. The van der Waals surface area contributed by atoms with Crippen LogP contribution in [0.3, 0.4) is 0 Å². The second-order valence-electron chi connectivity index (χ2n) is 8.43. The number of nitrogens with zero attached hydrogens (tertiary/aromatic N) is 1. The molecule has 2 aromatic carbocycles. The van der Waals surface area contributed by atoms with Gasteiger partial charge in [-0.3, -0.25) is 9.59 Å². The lowest BCUT2D eigenvalue weighted by atomic mass is 9.77. The van der Waals surface area contributed by atoms with Crippen LogP contribution in [0.1, 0.15) is 0 Å². The highest BCUT2D eigenvalue weighted by Gasteiger charge is 2.67. The van der Waals surface area contributed by atoms with E-state index in [4.69, 9.17) is 23.7 Å². The van der Waals surface area contributed by atoms with Gasteiger partial charge in [-0.25, -0.2) is 0 Å². The first kappa shape index (κ1) is 22.1. The van der Waals surface area contributed by atoms with E-state index < -0.39 is 23.5 Å². The molecule has 9 nitrogen and oxygen atoms in total. The number of hydrogen-bond donors (Lipinski definition) is 1.